The highest BCUT2D eigenvalue weighted by Crippen LogP contribution is 2.40. The Morgan fingerprint density at radius 2 is 1.24 bits per heavy atom. The van der Waals surface area contributed by atoms with Gasteiger partial charge in [-0.05, 0) is 48.7 Å². The van der Waals surface area contributed by atoms with Gasteiger partial charge in [0.2, 0.25) is 0 Å². The van der Waals surface area contributed by atoms with Crippen molar-refractivity contribution in [2.75, 3.05) is 12.3 Å². The lowest BCUT2D eigenvalue weighted by molar-refractivity contribution is 0.0652. The third kappa shape index (κ3) is 2.91. The second-order valence-corrected chi connectivity index (χ2v) is 7.99. The molecule has 4 N–H and O–H groups in total. The summed E-state index contributed by atoms with van der Waals surface area (Å²) in [6.45, 7) is 0.124. The number of rotatable bonds is 4. The highest BCUT2D eigenvalue weighted by Gasteiger charge is 2.38. The van der Waals surface area contributed by atoms with Gasteiger partial charge in [0.15, 0.2) is 11.6 Å². The molecule has 2 amide bonds. The van der Waals surface area contributed by atoms with Gasteiger partial charge < -0.3 is 15.9 Å². The van der Waals surface area contributed by atoms with Crippen LogP contribution >= 0.6 is 0 Å². The number of hydrogen-bond acceptors (Lipinski definition) is 7. The second kappa shape index (κ2) is 7.30. The lowest BCUT2D eigenvalue weighted by atomic mass is 9.79. The van der Waals surface area contributed by atoms with Crippen molar-refractivity contribution in [1.29, 1.82) is 0 Å². The zero-order chi connectivity index (χ0) is 23.4. The molecule has 0 spiro atoms. The summed E-state index contributed by atoms with van der Waals surface area (Å²) in [5.74, 6) is -2.74. The number of phenolic OH excluding ortho intramolecular Hbond substituents is 2. The topological polar surface area (TPSA) is 138 Å². The van der Waals surface area contributed by atoms with Gasteiger partial charge in [-0.1, -0.05) is 18.2 Å². The fourth-order valence-electron chi connectivity index (χ4n) is 4.53. The number of fused-ring (bicyclic) bond motifs is 3. The first-order chi connectivity index (χ1) is 15.8. The molecule has 2 aliphatic rings. The summed E-state index contributed by atoms with van der Waals surface area (Å²) in [7, 11) is 0. The number of carbonyl (C=O) groups is 4. The average Bonchev–Trinajstić information content (AvgIpc) is 3.04. The number of imide groups is 1. The number of hydrogen-bond donors (Lipinski definition) is 3. The zero-order valence-corrected chi connectivity index (χ0v) is 17.3. The van der Waals surface area contributed by atoms with Crippen LogP contribution in [0.3, 0.4) is 0 Å². The van der Waals surface area contributed by atoms with Gasteiger partial charge in [0.05, 0.1) is 27.8 Å². The molecule has 33 heavy (non-hydrogen) atoms. The molecule has 1 aliphatic carbocycles. The summed E-state index contributed by atoms with van der Waals surface area (Å²) >= 11 is 0. The molecule has 0 radical (unpaired) electrons. The first-order valence-corrected chi connectivity index (χ1v) is 10.3. The molecule has 0 aromatic heterocycles. The van der Waals surface area contributed by atoms with Crippen molar-refractivity contribution in [2.45, 2.75) is 12.8 Å². The van der Waals surface area contributed by atoms with Crippen molar-refractivity contribution in [1.82, 2.24) is 4.90 Å². The highest BCUT2D eigenvalue weighted by molar-refractivity contribution is 6.32. The van der Waals surface area contributed by atoms with Crippen LogP contribution in [0.4, 0.5) is 5.69 Å². The van der Waals surface area contributed by atoms with Crippen molar-refractivity contribution in [3.05, 3.63) is 87.5 Å². The Bertz CT molecular complexity index is 1370. The molecule has 0 unspecified atom stereocenters. The molecule has 0 atom stereocenters. The first kappa shape index (κ1) is 20.4. The lowest BCUT2D eigenvalue weighted by Crippen LogP contribution is -2.31. The normalized spacial score (nSPS) is 14.4. The minimum Gasteiger partial charge on any atom is -0.507 e. The molecule has 164 valence electrons. The van der Waals surface area contributed by atoms with E-state index >= 15 is 0 Å². The van der Waals surface area contributed by atoms with E-state index in [1.807, 2.05) is 0 Å². The third-order valence-corrected chi connectivity index (χ3v) is 6.10. The largest absolute Gasteiger partial charge is 0.507 e. The van der Waals surface area contributed by atoms with Crippen LogP contribution in [0.15, 0.2) is 48.5 Å². The summed E-state index contributed by atoms with van der Waals surface area (Å²) in [5.41, 5.74) is 6.60. The predicted octanol–water partition coefficient (Wildman–Crippen LogP) is 2.68. The standard InChI is InChI=1S/C25H18N2O6/c26-15-8-10-17(29)21-19(15)23(31)20-16(28)9-7-12(18(20)22(21)30)4-3-11-27-24(32)13-5-1-2-6-14(13)25(27)33/h1-2,5-10,28-29H,3-4,11,26H2. The van der Waals surface area contributed by atoms with E-state index in [9.17, 15) is 29.4 Å². The Kier molecular flexibility index (Phi) is 4.52. The molecule has 1 heterocycles. The summed E-state index contributed by atoms with van der Waals surface area (Å²) in [5, 5.41) is 20.6. The molecule has 8 nitrogen and oxygen atoms in total. The third-order valence-electron chi connectivity index (χ3n) is 6.10. The smallest absolute Gasteiger partial charge is 0.261 e. The highest BCUT2D eigenvalue weighted by atomic mass is 16.3. The SMILES string of the molecule is Nc1ccc(O)c2c1C(=O)c1c(O)ccc(CCCN3C(=O)c4ccccc4C3=O)c1C2=O. The van der Waals surface area contributed by atoms with Crippen LogP contribution in [0.25, 0.3) is 0 Å². The van der Waals surface area contributed by atoms with Crippen LogP contribution in [-0.4, -0.2) is 45.0 Å². The minimum absolute atomic E-state index is 0.00392. The van der Waals surface area contributed by atoms with Crippen molar-refractivity contribution in [2.24, 2.45) is 0 Å². The zero-order valence-electron chi connectivity index (χ0n) is 17.3. The summed E-state index contributed by atoms with van der Waals surface area (Å²) in [4.78, 5) is 52.7. The molecule has 5 rings (SSSR count). The fourth-order valence-corrected chi connectivity index (χ4v) is 4.53. The van der Waals surface area contributed by atoms with Crippen molar-refractivity contribution in [3.63, 3.8) is 0 Å². The maximum Gasteiger partial charge on any atom is 0.261 e. The maximum absolute atomic E-state index is 13.3. The van der Waals surface area contributed by atoms with Crippen LogP contribution in [0.1, 0.15) is 64.5 Å². The van der Waals surface area contributed by atoms with Gasteiger partial charge in [-0.25, -0.2) is 0 Å². The molecular weight excluding hydrogens is 424 g/mol. The van der Waals surface area contributed by atoms with Crippen LogP contribution in [0.5, 0.6) is 11.5 Å². The summed E-state index contributed by atoms with van der Waals surface area (Å²) in [6.07, 6.45) is 0.591. The Morgan fingerprint density at radius 1 is 0.697 bits per heavy atom. The van der Waals surface area contributed by atoms with Crippen LogP contribution in [0.2, 0.25) is 0 Å². The Balaban J connectivity index is 1.45. The van der Waals surface area contributed by atoms with Gasteiger partial charge in [0.25, 0.3) is 11.8 Å². The predicted molar refractivity (Wildman–Crippen MR) is 118 cm³/mol. The average molecular weight is 442 g/mol. The fraction of sp³-hybridized carbons (Fsp3) is 0.120. The number of phenols is 2. The van der Waals surface area contributed by atoms with E-state index in [4.69, 9.17) is 5.73 Å². The molecule has 1 aliphatic heterocycles. The second-order valence-electron chi connectivity index (χ2n) is 7.99. The number of ketones is 2. The van der Waals surface area contributed by atoms with Crippen LogP contribution in [-0.2, 0) is 6.42 Å². The minimum atomic E-state index is -0.646. The number of benzene rings is 3. The van der Waals surface area contributed by atoms with Crippen LogP contribution in [0, 0.1) is 0 Å². The molecule has 0 fully saturated rings. The van der Waals surface area contributed by atoms with Gasteiger partial charge in [0.1, 0.15) is 11.5 Å². The Hall–Kier alpha value is -4.46. The van der Waals surface area contributed by atoms with Crippen molar-refractivity contribution in [3.8, 4) is 11.5 Å². The van der Waals surface area contributed by atoms with Gasteiger partial charge in [0, 0.05) is 17.8 Å². The first-order valence-electron chi connectivity index (χ1n) is 10.3. The summed E-state index contributed by atoms with van der Waals surface area (Å²) in [6, 6.07) is 12.0. The number of aryl methyl sites for hydroxylation is 1. The summed E-state index contributed by atoms with van der Waals surface area (Å²) < 4.78 is 0. The number of carbonyl (C=O) groups excluding carboxylic acids is 4. The number of anilines is 1. The number of nitrogens with two attached hydrogens (primary N) is 1. The van der Waals surface area contributed by atoms with E-state index in [1.165, 1.54) is 24.3 Å². The molecule has 0 saturated carbocycles. The quantitative estimate of drug-likeness (QED) is 0.251. The van der Waals surface area contributed by atoms with E-state index in [-0.39, 0.29) is 64.2 Å². The number of nitrogens with zero attached hydrogens (tertiary/aromatic N) is 1. The molecular formula is C25H18N2O6. The van der Waals surface area contributed by atoms with Crippen molar-refractivity contribution < 1.29 is 29.4 Å². The van der Waals surface area contributed by atoms with E-state index in [1.54, 1.807) is 24.3 Å². The Morgan fingerprint density at radius 3 is 1.88 bits per heavy atom. The molecule has 3 aromatic carbocycles. The van der Waals surface area contributed by atoms with Crippen molar-refractivity contribution >= 4 is 29.1 Å². The van der Waals surface area contributed by atoms with E-state index in [2.05, 4.69) is 0 Å². The number of aromatic hydroxyl groups is 2. The van der Waals surface area contributed by atoms with Gasteiger partial charge in [-0.15, -0.1) is 0 Å². The molecule has 0 saturated heterocycles. The van der Waals surface area contributed by atoms with Gasteiger partial charge in [-0.3, -0.25) is 24.1 Å². The monoisotopic (exact) mass is 442 g/mol. The van der Waals surface area contributed by atoms with Crippen LogP contribution < -0.4 is 5.73 Å². The van der Waals surface area contributed by atoms with E-state index in [0.717, 1.165) is 4.90 Å². The molecule has 0 bridgehead atoms. The van der Waals surface area contributed by atoms with Gasteiger partial charge in [-0.2, -0.15) is 0 Å². The number of nitrogen functional groups attached to an aromatic ring is 1. The van der Waals surface area contributed by atoms with Gasteiger partial charge >= 0.3 is 0 Å². The van der Waals surface area contributed by atoms with E-state index in [0.29, 0.717) is 23.1 Å². The molecule has 3 aromatic rings. The maximum atomic E-state index is 13.3. The molecule has 8 heteroatoms. The van der Waals surface area contributed by atoms with E-state index < -0.39 is 11.6 Å². The number of amides is 2. The lowest BCUT2D eigenvalue weighted by Gasteiger charge is -2.23. The Labute approximate surface area is 187 Å².